The van der Waals surface area contributed by atoms with Crippen molar-refractivity contribution in [3.63, 3.8) is 0 Å². The van der Waals surface area contributed by atoms with E-state index < -0.39 is 5.56 Å². The minimum absolute atomic E-state index is 0.0349. The van der Waals surface area contributed by atoms with Gasteiger partial charge in [-0.1, -0.05) is 41.4 Å². The van der Waals surface area contributed by atoms with Crippen LogP contribution in [0.1, 0.15) is 16.7 Å². The largest absolute Gasteiger partial charge is 0.489 e. The van der Waals surface area contributed by atoms with Gasteiger partial charge in [0.2, 0.25) is 0 Å². The first kappa shape index (κ1) is 19.3. The maximum Gasteiger partial charge on any atom is 0.268 e. The Bertz CT molecular complexity index is 1170. The summed E-state index contributed by atoms with van der Waals surface area (Å²) in [4.78, 5) is 14.3. The van der Waals surface area contributed by atoms with Crippen molar-refractivity contribution in [1.29, 1.82) is 10.5 Å². The van der Waals surface area contributed by atoms with Gasteiger partial charge in [-0.25, -0.2) is 0 Å². The maximum atomic E-state index is 12.0. The van der Waals surface area contributed by atoms with Crippen LogP contribution in [-0.4, -0.2) is 4.98 Å². The number of aromatic amines is 1. The van der Waals surface area contributed by atoms with Gasteiger partial charge in [0.15, 0.2) is 0 Å². The molecule has 0 fully saturated rings. The number of hydrogen-bond acceptors (Lipinski definition) is 5. The van der Waals surface area contributed by atoms with E-state index in [2.05, 4.69) is 4.98 Å². The number of H-pyrrole nitrogens is 1. The molecule has 138 valence electrons. The van der Waals surface area contributed by atoms with Crippen molar-refractivity contribution in [2.24, 2.45) is 0 Å². The van der Waals surface area contributed by atoms with Crippen molar-refractivity contribution in [1.82, 2.24) is 4.98 Å². The molecule has 3 rings (SSSR count). The highest BCUT2D eigenvalue weighted by Gasteiger charge is 2.18. The molecule has 3 aromatic rings. The van der Waals surface area contributed by atoms with E-state index >= 15 is 0 Å². The van der Waals surface area contributed by atoms with Gasteiger partial charge in [-0.15, -0.1) is 0 Å². The molecule has 3 N–H and O–H groups in total. The molecule has 0 aliphatic rings. The highest BCUT2D eigenvalue weighted by Crippen LogP contribution is 2.30. The molecule has 0 atom stereocenters. The van der Waals surface area contributed by atoms with E-state index in [9.17, 15) is 15.3 Å². The molecule has 0 bridgehead atoms. The molecule has 1 heterocycles. The van der Waals surface area contributed by atoms with Crippen LogP contribution in [-0.2, 0) is 6.61 Å². The number of nitrogens with two attached hydrogens (primary N) is 1. The third kappa shape index (κ3) is 3.65. The number of anilines is 1. The van der Waals surface area contributed by atoms with Crippen LogP contribution in [0.2, 0.25) is 10.0 Å². The van der Waals surface area contributed by atoms with Gasteiger partial charge in [-0.05, 0) is 29.8 Å². The van der Waals surface area contributed by atoms with Crippen molar-refractivity contribution >= 4 is 29.0 Å². The Morgan fingerprint density at radius 3 is 2.18 bits per heavy atom. The number of rotatable bonds is 4. The Morgan fingerprint density at radius 1 is 1.00 bits per heavy atom. The second kappa shape index (κ2) is 8.06. The van der Waals surface area contributed by atoms with Crippen molar-refractivity contribution in [2.45, 2.75) is 6.61 Å². The molecule has 0 saturated heterocycles. The van der Waals surface area contributed by atoms with Crippen molar-refractivity contribution in [3.05, 3.63) is 79.6 Å². The molecule has 2 aromatic carbocycles. The predicted molar refractivity (Wildman–Crippen MR) is 107 cm³/mol. The second-order valence-corrected chi connectivity index (χ2v) is 6.54. The van der Waals surface area contributed by atoms with Gasteiger partial charge in [-0.2, -0.15) is 10.5 Å². The Kier molecular flexibility index (Phi) is 5.56. The third-order valence-electron chi connectivity index (χ3n) is 4.06. The summed E-state index contributed by atoms with van der Waals surface area (Å²) in [6.07, 6.45) is 0. The highest BCUT2D eigenvalue weighted by atomic mass is 35.5. The Balaban J connectivity index is 1.93. The van der Waals surface area contributed by atoms with Crippen LogP contribution in [0.15, 0.2) is 47.3 Å². The van der Waals surface area contributed by atoms with Gasteiger partial charge >= 0.3 is 0 Å². The molecule has 0 aliphatic heterocycles. The molecule has 0 radical (unpaired) electrons. The zero-order valence-corrected chi connectivity index (χ0v) is 15.8. The van der Waals surface area contributed by atoms with Gasteiger partial charge in [0.1, 0.15) is 41.4 Å². The SMILES string of the molecule is N#Cc1c(N)[nH]c(=O)c(C#N)c1-c1ccc(OCc2c(Cl)cccc2Cl)cc1. The average Bonchev–Trinajstić information content (AvgIpc) is 2.67. The number of nitrogens with one attached hydrogen (secondary N) is 1. The Hall–Kier alpha value is -3.45. The quantitative estimate of drug-likeness (QED) is 0.666. The summed E-state index contributed by atoms with van der Waals surface area (Å²) < 4.78 is 5.71. The summed E-state index contributed by atoms with van der Waals surface area (Å²) in [7, 11) is 0. The molecule has 8 heteroatoms. The fraction of sp³-hybridized carbons (Fsp3) is 0.0500. The van der Waals surface area contributed by atoms with E-state index in [0.29, 0.717) is 26.9 Å². The number of nitrogen functional groups attached to an aromatic ring is 1. The Morgan fingerprint density at radius 2 is 1.61 bits per heavy atom. The third-order valence-corrected chi connectivity index (χ3v) is 4.76. The zero-order chi connectivity index (χ0) is 20.3. The lowest BCUT2D eigenvalue weighted by Gasteiger charge is -2.11. The van der Waals surface area contributed by atoms with E-state index in [1.165, 1.54) is 0 Å². The van der Waals surface area contributed by atoms with E-state index in [1.807, 2.05) is 12.1 Å². The monoisotopic (exact) mass is 410 g/mol. The fourth-order valence-electron chi connectivity index (χ4n) is 2.68. The molecule has 28 heavy (non-hydrogen) atoms. The van der Waals surface area contributed by atoms with Crippen LogP contribution in [0.4, 0.5) is 5.82 Å². The minimum atomic E-state index is -0.650. The first-order valence-electron chi connectivity index (χ1n) is 7.98. The van der Waals surface area contributed by atoms with Gasteiger partial charge in [0, 0.05) is 21.2 Å². The van der Waals surface area contributed by atoms with E-state index in [-0.39, 0.29) is 29.1 Å². The number of ether oxygens (including phenoxy) is 1. The van der Waals surface area contributed by atoms with Gasteiger partial charge in [-0.3, -0.25) is 4.79 Å². The summed E-state index contributed by atoms with van der Waals surface area (Å²) in [6, 6.07) is 15.5. The summed E-state index contributed by atoms with van der Waals surface area (Å²) in [5.74, 6) is 0.435. The number of benzene rings is 2. The topological polar surface area (TPSA) is 116 Å². The number of halogens is 2. The highest BCUT2D eigenvalue weighted by molar-refractivity contribution is 6.35. The van der Waals surface area contributed by atoms with Gasteiger partial charge in [0.25, 0.3) is 5.56 Å². The van der Waals surface area contributed by atoms with Crippen LogP contribution in [0, 0.1) is 22.7 Å². The number of aromatic nitrogens is 1. The summed E-state index contributed by atoms with van der Waals surface area (Å²) in [5.41, 5.74) is 6.28. The predicted octanol–water partition coefficient (Wildman–Crippen LogP) is 4.25. The molecule has 0 amide bonds. The van der Waals surface area contributed by atoms with E-state index in [0.717, 1.165) is 0 Å². The molecule has 0 spiro atoms. The summed E-state index contributed by atoms with van der Waals surface area (Å²) in [6.45, 7) is 0.169. The molecule has 0 saturated carbocycles. The first-order chi connectivity index (χ1) is 13.5. The molecule has 0 unspecified atom stereocenters. The molecule has 0 aliphatic carbocycles. The summed E-state index contributed by atoms with van der Waals surface area (Å²) >= 11 is 12.3. The number of hydrogen-bond donors (Lipinski definition) is 2. The standard InChI is InChI=1S/C20H12Cl2N4O2/c21-16-2-1-3-17(22)15(16)10-28-12-6-4-11(5-7-12)18-13(8-23)19(25)26-20(27)14(18)9-24/h1-7H,10H2,(H3,25,26,27). The number of nitrogens with zero attached hydrogens (tertiary/aromatic N) is 2. The van der Waals surface area contributed by atoms with Gasteiger partial charge < -0.3 is 15.5 Å². The lowest BCUT2D eigenvalue weighted by molar-refractivity contribution is 0.306. The second-order valence-electron chi connectivity index (χ2n) is 5.73. The van der Waals surface area contributed by atoms with Gasteiger partial charge in [0.05, 0.1) is 0 Å². The van der Waals surface area contributed by atoms with Crippen LogP contribution >= 0.6 is 23.2 Å². The van der Waals surface area contributed by atoms with Crippen molar-refractivity contribution in [2.75, 3.05) is 5.73 Å². The van der Waals surface area contributed by atoms with Crippen LogP contribution < -0.4 is 16.0 Å². The molecular formula is C20H12Cl2N4O2. The smallest absolute Gasteiger partial charge is 0.268 e. The molecule has 6 nitrogen and oxygen atoms in total. The summed E-state index contributed by atoms with van der Waals surface area (Å²) in [5, 5.41) is 19.7. The maximum absolute atomic E-state index is 12.0. The van der Waals surface area contributed by atoms with Crippen LogP contribution in [0.5, 0.6) is 5.75 Å². The lowest BCUT2D eigenvalue weighted by Crippen LogP contribution is -2.16. The Labute approximate surface area is 170 Å². The lowest BCUT2D eigenvalue weighted by atomic mass is 9.96. The van der Waals surface area contributed by atoms with Crippen LogP contribution in [0.25, 0.3) is 11.1 Å². The van der Waals surface area contributed by atoms with Crippen LogP contribution in [0.3, 0.4) is 0 Å². The van der Waals surface area contributed by atoms with Crippen molar-refractivity contribution < 1.29 is 4.74 Å². The molecule has 1 aromatic heterocycles. The number of nitriles is 2. The normalized spacial score (nSPS) is 10.1. The van der Waals surface area contributed by atoms with E-state index in [4.69, 9.17) is 33.7 Å². The number of pyridine rings is 1. The average molecular weight is 411 g/mol. The van der Waals surface area contributed by atoms with Crippen molar-refractivity contribution in [3.8, 4) is 29.0 Å². The minimum Gasteiger partial charge on any atom is -0.489 e. The fourth-order valence-corrected chi connectivity index (χ4v) is 3.18. The molecular weight excluding hydrogens is 399 g/mol. The zero-order valence-electron chi connectivity index (χ0n) is 14.3. The first-order valence-corrected chi connectivity index (χ1v) is 8.74. The van der Waals surface area contributed by atoms with E-state index in [1.54, 1.807) is 42.5 Å².